The van der Waals surface area contributed by atoms with Crippen LogP contribution >= 0.6 is 0 Å². The van der Waals surface area contributed by atoms with Gasteiger partial charge < -0.3 is 5.11 Å². The highest BCUT2D eigenvalue weighted by Gasteiger charge is 2.17. The van der Waals surface area contributed by atoms with E-state index in [9.17, 15) is 5.11 Å². The lowest BCUT2D eigenvalue weighted by molar-refractivity contribution is 0.317. The number of aromatic nitrogens is 2. The van der Waals surface area contributed by atoms with Crippen molar-refractivity contribution in [3.8, 4) is 6.07 Å². The monoisotopic (exact) mass is 233 g/mol. The molecular weight excluding hydrogens is 218 g/mol. The molecule has 0 amide bonds. The lowest BCUT2D eigenvalue weighted by Crippen LogP contribution is -2.42. The van der Waals surface area contributed by atoms with Gasteiger partial charge in [0.15, 0.2) is 0 Å². The van der Waals surface area contributed by atoms with Crippen LogP contribution in [0.1, 0.15) is 18.2 Å². The summed E-state index contributed by atoms with van der Waals surface area (Å²) in [5.74, 6) is 0.00311. The van der Waals surface area contributed by atoms with Gasteiger partial charge in [-0.1, -0.05) is 6.58 Å². The van der Waals surface area contributed by atoms with E-state index in [1.807, 2.05) is 6.07 Å². The first-order chi connectivity index (χ1) is 8.06. The van der Waals surface area contributed by atoms with Gasteiger partial charge in [0.2, 0.25) is 0 Å². The van der Waals surface area contributed by atoms with Crippen LogP contribution in [0.3, 0.4) is 0 Å². The zero-order valence-electron chi connectivity index (χ0n) is 10.1. The van der Waals surface area contributed by atoms with Gasteiger partial charge in [0, 0.05) is 20.3 Å². The molecule has 1 aromatic rings. The molecule has 0 aliphatic rings. The molecule has 0 saturated carbocycles. The number of hydrazine groups is 1. The minimum atomic E-state index is 0.00311. The van der Waals surface area contributed by atoms with Crippen LogP contribution in [0.15, 0.2) is 25.1 Å². The molecule has 0 saturated heterocycles. The summed E-state index contributed by atoms with van der Waals surface area (Å²) < 4.78 is 0. The normalized spacial score (nSPS) is 10.8. The molecule has 1 N–H and O–H groups in total. The Morgan fingerprint density at radius 1 is 1.65 bits per heavy atom. The first-order valence-electron chi connectivity index (χ1n) is 4.99. The van der Waals surface area contributed by atoms with Crippen molar-refractivity contribution in [3.05, 3.63) is 36.3 Å². The van der Waals surface area contributed by atoms with E-state index in [-0.39, 0.29) is 5.76 Å². The summed E-state index contributed by atoms with van der Waals surface area (Å²) in [6, 6.07) is 1.99. The highest BCUT2D eigenvalue weighted by molar-refractivity contribution is 5.61. The molecule has 0 atom stereocenters. The van der Waals surface area contributed by atoms with E-state index in [4.69, 9.17) is 5.26 Å². The predicted molar refractivity (Wildman–Crippen MR) is 65.3 cm³/mol. The minimum Gasteiger partial charge on any atom is -0.506 e. The Bertz CT molecular complexity index is 483. The van der Waals surface area contributed by atoms with E-state index in [0.717, 1.165) is 0 Å². The fourth-order valence-electron chi connectivity index (χ4n) is 1.27. The minimum absolute atomic E-state index is 0.00311. The summed E-state index contributed by atoms with van der Waals surface area (Å²) in [6.45, 7) is 5.32. The number of hydrogen-bond acceptors (Lipinski definition) is 5. The topological polar surface area (TPSA) is 68.3 Å². The highest BCUT2D eigenvalue weighted by Crippen LogP contribution is 2.16. The van der Waals surface area contributed by atoms with E-state index in [2.05, 4.69) is 11.7 Å². The van der Waals surface area contributed by atoms with Gasteiger partial charge in [0.1, 0.15) is 23.1 Å². The molecule has 0 aromatic carbocycles. The summed E-state index contributed by atoms with van der Waals surface area (Å²) in [4.78, 5) is 1.43. The zero-order valence-corrected chi connectivity index (χ0v) is 10.1. The molecule has 1 aromatic heterocycles. The van der Waals surface area contributed by atoms with Crippen LogP contribution in [0.25, 0.3) is 5.76 Å². The fraction of sp³-hybridized carbons (Fsp3) is 0.273. The van der Waals surface area contributed by atoms with Crippen molar-refractivity contribution in [1.29, 1.82) is 5.26 Å². The molecule has 1 heterocycles. The van der Waals surface area contributed by atoms with Gasteiger partial charge in [-0.3, -0.25) is 5.01 Å². The van der Waals surface area contributed by atoms with E-state index in [1.165, 1.54) is 17.1 Å². The third-order valence-electron chi connectivity index (χ3n) is 2.38. The molecule has 0 spiro atoms. The number of aliphatic hydroxyl groups is 1. The van der Waals surface area contributed by atoms with E-state index < -0.39 is 0 Å². The third-order valence-corrected chi connectivity index (χ3v) is 2.38. The van der Waals surface area contributed by atoms with Crippen LogP contribution in [-0.2, 0) is 0 Å². The molecule has 0 radical (unpaired) electrons. The van der Waals surface area contributed by atoms with Crippen molar-refractivity contribution in [2.45, 2.75) is 6.92 Å². The second-order valence-corrected chi connectivity index (χ2v) is 3.33. The third kappa shape index (κ3) is 2.23. The van der Waals surface area contributed by atoms with Crippen LogP contribution in [0.4, 0.5) is 0 Å². The Balaban J connectivity index is 3.31. The van der Waals surface area contributed by atoms with E-state index in [0.29, 0.717) is 11.3 Å². The Morgan fingerprint density at radius 2 is 2.29 bits per heavy atom. The average Bonchev–Trinajstić information content (AvgIpc) is 2.79. The molecule has 0 fully saturated rings. The zero-order chi connectivity index (χ0) is 13.0. The maximum absolute atomic E-state index is 9.79. The summed E-state index contributed by atoms with van der Waals surface area (Å²) in [5.41, 5.74) is 0.663. The first kappa shape index (κ1) is 12.6. The lowest BCUT2D eigenvalue weighted by Gasteiger charge is -2.29. The molecule has 6 nitrogen and oxygen atoms in total. The molecule has 1 rings (SSSR count). The summed E-state index contributed by atoms with van der Waals surface area (Å²) in [6.07, 6.45) is 4.50. The largest absolute Gasteiger partial charge is 0.506 e. The summed E-state index contributed by atoms with van der Waals surface area (Å²) in [5, 5.41) is 26.1. The number of nitrogens with zero attached hydrogens (tertiary/aromatic N) is 5. The fourth-order valence-corrected chi connectivity index (χ4v) is 1.27. The van der Waals surface area contributed by atoms with Gasteiger partial charge in [-0.15, -0.1) is 0 Å². The van der Waals surface area contributed by atoms with Gasteiger partial charge in [-0.05, 0) is 13.0 Å². The van der Waals surface area contributed by atoms with Gasteiger partial charge in [0.25, 0.3) is 0 Å². The van der Waals surface area contributed by atoms with Crippen LogP contribution in [0.5, 0.6) is 0 Å². The SMILES string of the molecule is C=CN(C)N(C)n1ncc(C#N)c1/C(O)=C\C. The maximum Gasteiger partial charge on any atom is 0.146 e. The number of rotatable bonds is 4. The van der Waals surface area contributed by atoms with Crippen LogP contribution < -0.4 is 5.12 Å². The molecular formula is C11H15N5O. The quantitative estimate of drug-likeness (QED) is 0.625. The van der Waals surface area contributed by atoms with Gasteiger partial charge in [0.05, 0.1) is 6.20 Å². The lowest BCUT2D eigenvalue weighted by atomic mass is 10.2. The number of allylic oxidation sites excluding steroid dienone is 1. The highest BCUT2D eigenvalue weighted by atomic mass is 16.3. The number of hydrogen-bond donors (Lipinski definition) is 1. The Hall–Kier alpha value is -2.42. The average molecular weight is 233 g/mol. The smallest absolute Gasteiger partial charge is 0.146 e. The molecule has 0 bridgehead atoms. The summed E-state index contributed by atoms with van der Waals surface area (Å²) in [7, 11) is 3.51. The Kier molecular flexibility index (Phi) is 3.78. The molecule has 17 heavy (non-hydrogen) atoms. The van der Waals surface area contributed by atoms with Gasteiger partial charge in [-0.2, -0.15) is 15.2 Å². The van der Waals surface area contributed by atoms with E-state index in [1.54, 1.807) is 37.3 Å². The first-order valence-corrected chi connectivity index (χ1v) is 4.99. The van der Waals surface area contributed by atoms with E-state index >= 15 is 0 Å². The van der Waals surface area contributed by atoms with Crippen molar-refractivity contribution in [2.24, 2.45) is 0 Å². The standard InChI is InChI=1S/C11H15N5O/c1-5-10(17)11-9(7-12)8-13-16(11)15(4)14(3)6-2/h5-6,8,17H,2H2,1,3-4H3/b10-5+. The molecule has 6 heteroatoms. The Labute approximate surface area is 100 Å². The van der Waals surface area contributed by atoms with Gasteiger partial charge >= 0.3 is 0 Å². The molecule has 90 valence electrons. The predicted octanol–water partition coefficient (Wildman–Crippen LogP) is 1.23. The Morgan fingerprint density at radius 3 is 2.76 bits per heavy atom. The molecule has 0 aliphatic carbocycles. The van der Waals surface area contributed by atoms with Gasteiger partial charge in [-0.25, -0.2) is 5.12 Å². The van der Waals surface area contributed by atoms with Crippen LogP contribution in [-0.4, -0.2) is 34.1 Å². The van der Waals surface area contributed by atoms with Crippen molar-refractivity contribution in [3.63, 3.8) is 0 Å². The summed E-state index contributed by atoms with van der Waals surface area (Å²) >= 11 is 0. The van der Waals surface area contributed by atoms with Crippen LogP contribution in [0.2, 0.25) is 0 Å². The second-order valence-electron chi connectivity index (χ2n) is 3.33. The second kappa shape index (κ2) is 5.07. The van der Waals surface area contributed by atoms with Crippen molar-refractivity contribution in [1.82, 2.24) is 14.9 Å². The van der Waals surface area contributed by atoms with Crippen LogP contribution in [0, 0.1) is 11.3 Å². The maximum atomic E-state index is 9.79. The number of nitriles is 1. The van der Waals surface area contributed by atoms with Crippen molar-refractivity contribution >= 4 is 5.76 Å². The molecule has 0 unspecified atom stereocenters. The van der Waals surface area contributed by atoms with Crippen molar-refractivity contribution in [2.75, 3.05) is 19.2 Å². The molecule has 0 aliphatic heterocycles. The van der Waals surface area contributed by atoms with Crippen molar-refractivity contribution < 1.29 is 5.11 Å². The number of aliphatic hydroxyl groups excluding tert-OH is 1.